The maximum absolute atomic E-state index is 12.5. The number of nitrogens with one attached hydrogen (secondary N) is 1. The van der Waals surface area contributed by atoms with E-state index < -0.39 is 0 Å². The second-order valence-corrected chi connectivity index (χ2v) is 6.58. The fourth-order valence-corrected chi connectivity index (χ4v) is 2.52. The van der Waals surface area contributed by atoms with Crippen LogP contribution in [0.3, 0.4) is 0 Å². The average molecular weight is 363 g/mol. The van der Waals surface area contributed by atoms with Crippen molar-refractivity contribution in [3.8, 4) is 11.5 Å². The highest BCUT2D eigenvalue weighted by molar-refractivity contribution is 6.32. The molecule has 134 valence electrons. The molecule has 1 aromatic heterocycles. The maximum atomic E-state index is 12.5. The topological polar surface area (TPSA) is 60.5 Å². The lowest BCUT2D eigenvalue weighted by molar-refractivity contribution is 0.0939. The zero-order chi connectivity index (χ0) is 18.4. The Bertz CT molecular complexity index is 720. The molecule has 1 heterocycles. The van der Waals surface area contributed by atoms with E-state index in [0.717, 1.165) is 5.56 Å². The molecule has 2 rings (SSSR count). The summed E-state index contributed by atoms with van der Waals surface area (Å²) in [6, 6.07) is 6.80. The minimum atomic E-state index is -0.236. The number of benzene rings is 1. The van der Waals surface area contributed by atoms with Crippen LogP contribution in [-0.4, -0.2) is 24.6 Å². The van der Waals surface area contributed by atoms with Gasteiger partial charge in [-0.1, -0.05) is 25.4 Å². The Morgan fingerprint density at radius 1 is 1.24 bits per heavy atom. The van der Waals surface area contributed by atoms with Gasteiger partial charge >= 0.3 is 0 Å². The molecule has 0 saturated carbocycles. The SMILES string of the molecule is COc1cc(C(=O)NC(C)c2ccncc2)cc(Cl)c1OCC(C)C. The number of carbonyl (C=O) groups excluding carboxylic acids is 1. The van der Waals surface area contributed by atoms with Crippen LogP contribution in [0.4, 0.5) is 0 Å². The van der Waals surface area contributed by atoms with Gasteiger partial charge in [0, 0.05) is 18.0 Å². The third-order valence-electron chi connectivity index (χ3n) is 3.61. The highest BCUT2D eigenvalue weighted by atomic mass is 35.5. The Kier molecular flexibility index (Phi) is 6.65. The van der Waals surface area contributed by atoms with Gasteiger partial charge in [0.15, 0.2) is 11.5 Å². The number of hydrogen-bond acceptors (Lipinski definition) is 4. The van der Waals surface area contributed by atoms with E-state index >= 15 is 0 Å². The quantitative estimate of drug-likeness (QED) is 0.799. The van der Waals surface area contributed by atoms with Crippen LogP contribution < -0.4 is 14.8 Å². The zero-order valence-electron chi connectivity index (χ0n) is 14.9. The minimum absolute atomic E-state index is 0.155. The number of nitrogens with zero attached hydrogens (tertiary/aromatic N) is 1. The van der Waals surface area contributed by atoms with Crippen LogP contribution in [-0.2, 0) is 0 Å². The molecule has 0 aliphatic carbocycles. The van der Waals surface area contributed by atoms with Crippen LogP contribution in [0.25, 0.3) is 0 Å². The van der Waals surface area contributed by atoms with E-state index in [2.05, 4.69) is 10.3 Å². The molecule has 0 radical (unpaired) electrons. The molecule has 6 heteroatoms. The summed E-state index contributed by atoms with van der Waals surface area (Å²) in [6.07, 6.45) is 3.39. The van der Waals surface area contributed by atoms with Gasteiger partial charge in [-0.2, -0.15) is 0 Å². The number of halogens is 1. The second kappa shape index (κ2) is 8.72. The molecule has 0 aliphatic heterocycles. The Hall–Kier alpha value is -2.27. The van der Waals surface area contributed by atoms with Crippen LogP contribution in [0.1, 0.15) is 42.7 Å². The molecule has 1 aromatic carbocycles. The zero-order valence-corrected chi connectivity index (χ0v) is 15.6. The summed E-state index contributed by atoms with van der Waals surface area (Å²) in [6.45, 7) is 6.51. The Labute approximate surface area is 153 Å². The van der Waals surface area contributed by atoms with E-state index in [1.807, 2.05) is 32.9 Å². The summed E-state index contributed by atoms with van der Waals surface area (Å²) in [5.41, 5.74) is 1.39. The number of carbonyl (C=O) groups is 1. The standard InChI is InChI=1S/C19H23ClN2O3/c1-12(2)11-25-18-16(20)9-15(10-17(18)24-4)19(23)22-13(3)14-5-7-21-8-6-14/h5-10,12-13H,11H2,1-4H3,(H,22,23). The predicted octanol–water partition coefficient (Wildman–Crippen LogP) is 4.27. The summed E-state index contributed by atoms with van der Waals surface area (Å²) < 4.78 is 11.1. The smallest absolute Gasteiger partial charge is 0.251 e. The van der Waals surface area contributed by atoms with Gasteiger partial charge in [0.1, 0.15) is 0 Å². The number of pyridine rings is 1. The number of hydrogen-bond donors (Lipinski definition) is 1. The normalized spacial score (nSPS) is 11.9. The monoisotopic (exact) mass is 362 g/mol. The minimum Gasteiger partial charge on any atom is -0.493 e. The van der Waals surface area contributed by atoms with Crippen molar-refractivity contribution in [2.24, 2.45) is 5.92 Å². The van der Waals surface area contributed by atoms with Gasteiger partial charge in [-0.15, -0.1) is 0 Å². The molecular weight excluding hydrogens is 340 g/mol. The molecule has 0 aliphatic rings. The summed E-state index contributed by atoms with van der Waals surface area (Å²) >= 11 is 6.30. The lowest BCUT2D eigenvalue weighted by Gasteiger charge is -2.17. The first-order valence-corrected chi connectivity index (χ1v) is 8.51. The Balaban J connectivity index is 2.18. The van der Waals surface area contributed by atoms with E-state index in [1.165, 1.54) is 7.11 Å². The van der Waals surface area contributed by atoms with Crippen molar-refractivity contribution in [3.05, 3.63) is 52.8 Å². The first-order valence-electron chi connectivity index (χ1n) is 8.13. The predicted molar refractivity (Wildman–Crippen MR) is 98.5 cm³/mol. The average Bonchev–Trinajstić information content (AvgIpc) is 2.60. The third kappa shape index (κ3) is 5.10. The molecule has 0 saturated heterocycles. The molecule has 1 unspecified atom stereocenters. The molecule has 5 nitrogen and oxygen atoms in total. The molecule has 1 amide bonds. The van der Waals surface area contributed by atoms with Gasteiger partial charge < -0.3 is 14.8 Å². The summed E-state index contributed by atoms with van der Waals surface area (Å²) in [7, 11) is 1.52. The number of ether oxygens (including phenoxy) is 2. The molecule has 0 bridgehead atoms. The van der Waals surface area contributed by atoms with Crippen molar-refractivity contribution in [1.29, 1.82) is 0 Å². The van der Waals surface area contributed by atoms with E-state index in [4.69, 9.17) is 21.1 Å². The lowest BCUT2D eigenvalue weighted by Crippen LogP contribution is -2.26. The fraction of sp³-hybridized carbons (Fsp3) is 0.368. The van der Waals surface area contributed by atoms with Crippen LogP contribution in [0, 0.1) is 5.92 Å². The Morgan fingerprint density at radius 3 is 2.52 bits per heavy atom. The van der Waals surface area contributed by atoms with E-state index in [-0.39, 0.29) is 11.9 Å². The van der Waals surface area contributed by atoms with Crippen molar-refractivity contribution in [2.75, 3.05) is 13.7 Å². The molecule has 25 heavy (non-hydrogen) atoms. The van der Waals surface area contributed by atoms with Gasteiger partial charge in [0.05, 0.1) is 24.8 Å². The van der Waals surface area contributed by atoms with Crippen molar-refractivity contribution < 1.29 is 14.3 Å². The van der Waals surface area contributed by atoms with Gasteiger partial charge in [0.25, 0.3) is 5.91 Å². The number of amides is 1. The van der Waals surface area contributed by atoms with E-state index in [1.54, 1.807) is 24.5 Å². The molecule has 0 fully saturated rings. The highest BCUT2D eigenvalue weighted by Crippen LogP contribution is 2.36. The largest absolute Gasteiger partial charge is 0.493 e. The first kappa shape index (κ1) is 19.1. The third-order valence-corrected chi connectivity index (χ3v) is 3.89. The molecule has 0 spiro atoms. The van der Waals surface area contributed by atoms with Crippen LogP contribution >= 0.6 is 11.6 Å². The van der Waals surface area contributed by atoms with Crippen molar-refractivity contribution in [2.45, 2.75) is 26.8 Å². The van der Waals surface area contributed by atoms with Crippen LogP contribution in [0.2, 0.25) is 5.02 Å². The van der Waals surface area contributed by atoms with E-state index in [9.17, 15) is 4.79 Å². The number of methoxy groups -OCH3 is 1. The molecule has 2 aromatic rings. The first-order chi connectivity index (χ1) is 11.9. The van der Waals surface area contributed by atoms with Gasteiger partial charge in [-0.3, -0.25) is 9.78 Å². The van der Waals surface area contributed by atoms with Crippen LogP contribution in [0.5, 0.6) is 11.5 Å². The molecule has 1 N–H and O–H groups in total. The fourth-order valence-electron chi connectivity index (χ4n) is 2.26. The second-order valence-electron chi connectivity index (χ2n) is 6.17. The molecular formula is C19H23ClN2O3. The summed E-state index contributed by atoms with van der Waals surface area (Å²) in [5.74, 6) is 1.01. The van der Waals surface area contributed by atoms with Gasteiger partial charge in [-0.05, 0) is 42.7 Å². The number of rotatable bonds is 7. The highest BCUT2D eigenvalue weighted by Gasteiger charge is 2.18. The van der Waals surface area contributed by atoms with Gasteiger partial charge in [-0.25, -0.2) is 0 Å². The van der Waals surface area contributed by atoms with Crippen molar-refractivity contribution >= 4 is 17.5 Å². The Morgan fingerprint density at radius 2 is 1.92 bits per heavy atom. The summed E-state index contributed by atoms with van der Waals surface area (Å²) in [5, 5.41) is 3.29. The lowest BCUT2D eigenvalue weighted by atomic mass is 10.1. The van der Waals surface area contributed by atoms with Crippen molar-refractivity contribution in [3.63, 3.8) is 0 Å². The van der Waals surface area contributed by atoms with Crippen LogP contribution in [0.15, 0.2) is 36.7 Å². The summed E-state index contributed by atoms with van der Waals surface area (Å²) in [4.78, 5) is 16.5. The van der Waals surface area contributed by atoms with Gasteiger partial charge in [0.2, 0.25) is 0 Å². The number of aromatic nitrogens is 1. The maximum Gasteiger partial charge on any atom is 0.251 e. The molecule has 1 atom stereocenters. The van der Waals surface area contributed by atoms with E-state index in [0.29, 0.717) is 34.6 Å². The van der Waals surface area contributed by atoms with Crippen molar-refractivity contribution in [1.82, 2.24) is 10.3 Å².